The Hall–Kier alpha value is -4.69. The van der Waals surface area contributed by atoms with Gasteiger partial charge in [-0.3, -0.25) is 4.79 Å². The Balaban J connectivity index is 1.26. The maximum Gasteiger partial charge on any atom is 0.277 e. The molecule has 8 heteroatoms. The van der Waals surface area contributed by atoms with E-state index in [1.165, 1.54) is 6.21 Å². The summed E-state index contributed by atoms with van der Waals surface area (Å²) in [5.74, 6) is 1.42. The molecular weight excluding hydrogens is 570 g/mol. The van der Waals surface area contributed by atoms with Crippen LogP contribution in [0.25, 0.3) is 33.3 Å². The highest BCUT2D eigenvalue weighted by atomic mass is 79.9. The van der Waals surface area contributed by atoms with Crippen LogP contribution in [0.4, 0.5) is 0 Å². The number of halogens is 1. The number of hydrogen-bond donors (Lipinski definition) is 1. The van der Waals surface area contributed by atoms with E-state index in [2.05, 4.69) is 50.7 Å². The van der Waals surface area contributed by atoms with Crippen LogP contribution in [-0.2, 0) is 4.79 Å². The van der Waals surface area contributed by atoms with E-state index in [4.69, 9.17) is 19.2 Å². The third-order valence-corrected chi connectivity index (χ3v) is 6.70. The molecule has 0 aliphatic carbocycles. The number of amides is 1. The molecule has 4 aromatic carbocycles. The van der Waals surface area contributed by atoms with E-state index in [0.29, 0.717) is 22.8 Å². The fraction of sp³-hybridized carbons (Fsp3) is 0.0938. The average Bonchev–Trinajstić information content (AvgIpc) is 3.00. The third kappa shape index (κ3) is 6.30. The largest absolute Gasteiger partial charge is 0.497 e. The van der Waals surface area contributed by atoms with E-state index < -0.39 is 0 Å². The molecule has 0 atom stereocenters. The van der Waals surface area contributed by atoms with Gasteiger partial charge in [0.05, 0.1) is 31.6 Å². The van der Waals surface area contributed by atoms with Crippen LogP contribution in [-0.4, -0.2) is 37.9 Å². The van der Waals surface area contributed by atoms with Crippen LogP contribution in [0.3, 0.4) is 0 Å². The Morgan fingerprint density at radius 2 is 1.65 bits per heavy atom. The standard InChI is InChI=1S/C32H26BrN3O4/c1-38-26-14-10-23(31(17-26)39-2)19-34-36-32(37)20-40-25-12-8-22(9-13-25)30-18-27(21-6-4-3-5-7-21)28-16-24(33)11-15-29(28)35-30/h3-19H,20H2,1-2H3,(H,36,37)/b34-19+. The van der Waals surface area contributed by atoms with Crippen molar-refractivity contribution in [2.75, 3.05) is 20.8 Å². The molecule has 0 aliphatic rings. The number of carbonyl (C=O) groups is 1. The summed E-state index contributed by atoms with van der Waals surface area (Å²) < 4.78 is 17.2. The van der Waals surface area contributed by atoms with Crippen molar-refractivity contribution in [3.63, 3.8) is 0 Å². The number of rotatable bonds is 9. The first-order valence-electron chi connectivity index (χ1n) is 12.5. The number of nitrogens with one attached hydrogen (secondary N) is 1. The molecule has 1 aromatic heterocycles. The number of benzene rings is 4. The summed E-state index contributed by atoms with van der Waals surface area (Å²) in [6, 6.07) is 31.3. The topological polar surface area (TPSA) is 82.0 Å². The van der Waals surface area contributed by atoms with Gasteiger partial charge in [0.1, 0.15) is 17.2 Å². The number of carbonyl (C=O) groups excluding carboxylic acids is 1. The average molecular weight is 596 g/mol. The molecule has 0 fully saturated rings. The van der Waals surface area contributed by atoms with Crippen LogP contribution in [0.5, 0.6) is 17.2 Å². The number of nitrogens with zero attached hydrogens (tertiary/aromatic N) is 2. The van der Waals surface area contributed by atoms with Crippen LogP contribution in [0.1, 0.15) is 5.56 Å². The predicted molar refractivity (Wildman–Crippen MR) is 161 cm³/mol. The van der Waals surface area contributed by atoms with Crippen molar-refractivity contribution in [3.8, 4) is 39.6 Å². The molecule has 0 aliphatic heterocycles. The maximum absolute atomic E-state index is 12.3. The van der Waals surface area contributed by atoms with E-state index in [-0.39, 0.29) is 12.5 Å². The van der Waals surface area contributed by atoms with Crippen molar-refractivity contribution in [3.05, 3.63) is 107 Å². The molecule has 0 spiro atoms. The predicted octanol–water partition coefficient (Wildman–Crippen LogP) is 6.88. The Kier molecular flexibility index (Phi) is 8.37. The first kappa shape index (κ1) is 26.9. The van der Waals surface area contributed by atoms with E-state index in [1.807, 2.05) is 54.6 Å². The fourth-order valence-electron chi connectivity index (χ4n) is 4.20. The zero-order valence-corrected chi connectivity index (χ0v) is 23.5. The Morgan fingerprint density at radius 1 is 0.875 bits per heavy atom. The van der Waals surface area contributed by atoms with Crippen molar-refractivity contribution >= 4 is 39.0 Å². The van der Waals surface area contributed by atoms with Gasteiger partial charge in [-0.05, 0) is 71.8 Å². The van der Waals surface area contributed by atoms with Gasteiger partial charge in [0.15, 0.2) is 6.61 Å². The monoisotopic (exact) mass is 595 g/mol. The highest BCUT2D eigenvalue weighted by molar-refractivity contribution is 9.10. The van der Waals surface area contributed by atoms with E-state index in [0.717, 1.165) is 37.8 Å². The summed E-state index contributed by atoms with van der Waals surface area (Å²) in [6.45, 7) is -0.183. The molecule has 1 N–H and O–H groups in total. The lowest BCUT2D eigenvalue weighted by Crippen LogP contribution is -2.24. The van der Waals surface area contributed by atoms with Crippen LogP contribution < -0.4 is 19.6 Å². The SMILES string of the molecule is COc1ccc(/C=N/NC(=O)COc2ccc(-c3cc(-c4ccccc4)c4cc(Br)ccc4n3)cc2)c(OC)c1. The van der Waals surface area contributed by atoms with Crippen molar-refractivity contribution in [1.82, 2.24) is 10.4 Å². The van der Waals surface area contributed by atoms with E-state index in [9.17, 15) is 4.79 Å². The summed E-state index contributed by atoms with van der Waals surface area (Å²) in [6.07, 6.45) is 1.50. The molecule has 1 heterocycles. The lowest BCUT2D eigenvalue weighted by Gasteiger charge is -2.11. The zero-order valence-electron chi connectivity index (χ0n) is 21.9. The van der Waals surface area contributed by atoms with Gasteiger partial charge < -0.3 is 14.2 Å². The van der Waals surface area contributed by atoms with Gasteiger partial charge in [-0.1, -0.05) is 46.3 Å². The first-order valence-corrected chi connectivity index (χ1v) is 13.3. The highest BCUT2D eigenvalue weighted by Crippen LogP contribution is 2.34. The lowest BCUT2D eigenvalue weighted by atomic mass is 9.98. The molecule has 0 saturated heterocycles. The van der Waals surface area contributed by atoms with Gasteiger partial charge in [0.25, 0.3) is 5.91 Å². The van der Waals surface area contributed by atoms with E-state index >= 15 is 0 Å². The minimum atomic E-state index is -0.386. The van der Waals surface area contributed by atoms with Crippen LogP contribution >= 0.6 is 15.9 Å². The van der Waals surface area contributed by atoms with Gasteiger partial charge in [-0.2, -0.15) is 5.10 Å². The molecule has 7 nitrogen and oxygen atoms in total. The second-order valence-electron chi connectivity index (χ2n) is 8.80. The summed E-state index contributed by atoms with van der Waals surface area (Å²) >= 11 is 3.58. The maximum atomic E-state index is 12.3. The minimum Gasteiger partial charge on any atom is -0.497 e. The van der Waals surface area contributed by atoms with Gasteiger partial charge in [0.2, 0.25) is 0 Å². The molecule has 40 heavy (non-hydrogen) atoms. The number of fused-ring (bicyclic) bond motifs is 1. The van der Waals surface area contributed by atoms with E-state index in [1.54, 1.807) is 32.4 Å². The normalized spacial score (nSPS) is 11.0. The molecule has 5 aromatic rings. The molecule has 0 bridgehead atoms. The second kappa shape index (κ2) is 12.4. The Labute approximate surface area is 240 Å². The number of ether oxygens (including phenoxy) is 3. The fourth-order valence-corrected chi connectivity index (χ4v) is 4.57. The molecule has 200 valence electrons. The van der Waals surface area contributed by atoms with Crippen molar-refractivity contribution in [2.45, 2.75) is 0 Å². The molecular formula is C32H26BrN3O4. The minimum absolute atomic E-state index is 0.183. The third-order valence-electron chi connectivity index (χ3n) is 6.21. The smallest absolute Gasteiger partial charge is 0.277 e. The number of hydrazone groups is 1. The van der Waals surface area contributed by atoms with Gasteiger partial charge >= 0.3 is 0 Å². The lowest BCUT2D eigenvalue weighted by molar-refractivity contribution is -0.123. The zero-order chi connectivity index (χ0) is 27.9. The van der Waals surface area contributed by atoms with Crippen molar-refractivity contribution in [1.29, 1.82) is 0 Å². The molecule has 0 saturated carbocycles. The molecule has 0 unspecified atom stereocenters. The Bertz CT molecular complexity index is 1670. The van der Waals surface area contributed by atoms with Crippen LogP contribution in [0.2, 0.25) is 0 Å². The number of pyridine rings is 1. The van der Waals surface area contributed by atoms with Gasteiger partial charge in [-0.15, -0.1) is 0 Å². The molecule has 1 amide bonds. The number of aromatic nitrogens is 1. The van der Waals surface area contributed by atoms with Crippen molar-refractivity contribution < 1.29 is 19.0 Å². The van der Waals surface area contributed by atoms with Crippen molar-refractivity contribution in [2.24, 2.45) is 5.10 Å². The van der Waals surface area contributed by atoms with Gasteiger partial charge in [-0.25, -0.2) is 10.4 Å². The number of hydrogen-bond acceptors (Lipinski definition) is 6. The summed E-state index contributed by atoms with van der Waals surface area (Å²) in [5, 5.41) is 5.07. The molecule has 0 radical (unpaired) electrons. The highest BCUT2D eigenvalue weighted by Gasteiger charge is 2.11. The molecule has 5 rings (SSSR count). The van der Waals surface area contributed by atoms with Crippen LogP contribution in [0.15, 0.2) is 107 Å². The van der Waals surface area contributed by atoms with Crippen LogP contribution in [0, 0.1) is 0 Å². The Morgan fingerprint density at radius 3 is 2.40 bits per heavy atom. The first-order chi connectivity index (χ1) is 19.5. The summed E-state index contributed by atoms with van der Waals surface area (Å²) in [7, 11) is 3.14. The summed E-state index contributed by atoms with van der Waals surface area (Å²) in [5.41, 5.74) is 8.09. The summed E-state index contributed by atoms with van der Waals surface area (Å²) in [4.78, 5) is 17.2. The quantitative estimate of drug-likeness (QED) is 0.148. The second-order valence-corrected chi connectivity index (χ2v) is 9.71. The number of methoxy groups -OCH3 is 2. The van der Waals surface area contributed by atoms with Gasteiger partial charge in [0, 0.05) is 27.1 Å².